The van der Waals surface area contributed by atoms with Gasteiger partial charge in [-0.2, -0.15) is 0 Å². The van der Waals surface area contributed by atoms with Crippen LogP contribution in [0.5, 0.6) is 0 Å². The molecule has 3 unspecified atom stereocenters. The third-order valence-corrected chi connectivity index (χ3v) is 3.22. The maximum Gasteiger partial charge on any atom is 0.0613 e. The highest BCUT2D eigenvalue weighted by Crippen LogP contribution is 2.27. The Morgan fingerprint density at radius 1 is 1.43 bits per heavy atom. The summed E-state index contributed by atoms with van der Waals surface area (Å²) in [5, 5.41) is 3.55. The van der Waals surface area contributed by atoms with E-state index in [-0.39, 0.29) is 0 Å². The first-order chi connectivity index (χ1) is 6.72. The Labute approximate surface area is 88.4 Å². The molecule has 0 aromatic rings. The van der Waals surface area contributed by atoms with Crippen LogP contribution in [0.4, 0.5) is 0 Å². The van der Waals surface area contributed by atoms with Gasteiger partial charge in [-0.05, 0) is 38.1 Å². The second kappa shape index (κ2) is 6.41. The molecule has 1 saturated carbocycles. The van der Waals surface area contributed by atoms with Gasteiger partial charge in [-0.25, -0.2) is 0 Å². The smallest absolute Gasteiger partial charge is 0.0613 e. The highest BCUT2D eigenvalue weighted by Gasteiger charge is 2.18. The van der Waals surface area contributed by atoms with E-state index >= 15 is 0 Å². The van der Waals surface area contributed by atoms with Crippen molar-refractivity contribution in [2.45, 2.75) is 45.6 Å². The molecule has 0 saturated heterocycles. The van der Waals surface area contributed by atoms with Crippen LogP contribution in [-0.2, 0) is 4.74 Å². The summed E-state index contributed by atoms with van der Waals surface area (Å²) in [6.07, 6.45) is 5.68. The minimum Gasteiger partial charge on any atom is -0.383 e. The number of nitrogens with one attached hydrogen (secondary N) is 1. The first-order valence-electron chi connectivity index (χ1n) is 5.94. The molecule has 0 radical (unpaired) electrons. The minimum atomic E-state index is 0.497. The maximum atomic E-state index is 5.10. The van der Waals surface area contributed by atoms with Crippen molar-refractivity contribution >= 4 is 0 Å². The van der Waals surface area contributed by atoms with Gasteiger partial charge in [0.1, 0.15) is 0 Å². The van der Waals surface area contributed by atoms with E-state index in [2.05, 4.69) is 19.2 Å². The van der Waals surface area contributed by atoms with Gasteiger partial charge in [0.25, 0.3) is 0 Å². The van der Waals surface area contributed by atoms with Gasteiger partial charge < -0.3 is 10.1 Å². The molecule has 0 aliphatic heterocycles. The van der Waals surface area contributed by atoms with Crippen molar-refractivity contribution in [2.24, 2.45) is 11.8 Å². The first kappa shape index (κ1) is 12.0. The monoisotopic (exact) mass is 199 g/mol. The van der Waals surface area contributed by atoms with E-state index in [1.807, 2.05) is 0 Å². The van der Waals surface area contributed by atoms with E-state index in [1.54, 1.807) is 7.11 Å². The molecular weight excluding hydrogens is 174 g/mol. The molecule has 0 bridgehead atoms. The fourth-order valence-electron chi connectivity index (χ4n) is 2.42. The lowest BCUT2D eigenvalue weighted by Crippen LogP contribution is -2.35. The Hall–Kier alpha value is -0.0800. The lowest BCUT2D eigenvalue weighted by atomic mass is 9.82. The van der Waals surface area contributed by atoms with Gasteiger partial charge in [0, 0.05) is 13.2 Å². The predicted molar refractivity (Wildman–Crippen MR) is 60.5 cm³/mol. The second-order valence-corrected chi connectivity index (χ2v) is 4.90. The van der Waals surface area contributed by atoms with Gasteiger partial charge in [-0.1, -0.05) is 19.8 Å². The Morgan fingerprint density at radius 2 is 2.21 bits per heavy atom. The minimum absolute atomic E-state index is 0.497. The summed E-state index contributed by atoms with van der Waals surface area (Å²) in [6, 6.07) is 0.497. The summed E-state index contributed by atoms with van der Waals surface area (Å²) in [7, 11) is 1.76. The van der Waals surface area contributed by atoms with E-state index in [4.69, 9.17) is 4.74 Å². The molecule has 1 rings (SSSR count). The van der Waals surface area contributed by atoms with Crippen LogP contribution in [0, 0.1) is 11.8 Å². The van der Waals surface area contributed by atoms with Gasteiger partial charge in [0.2, 0.25) is 0 Å². The molecule has 0 spiro atoms. The lowest BCUT2D eigenvalue weighted by molar-refractivity contribution is 0.165. The van der Waals surface area contributed by atoms with Gasteiger partial charge >= 0.3 is 0 Å². The Bertz CT molecular complexity index is 149. The van der Waals surface area contributed by atoms with E-state index in [0.29, 0.717) is 6.04 Å². The zero-order valence-corrected chi connectivity index (χ0v) is 9.88. The molecule has 2 nitrogen and oxygen atoms in total. The van der Waals surface area contributed by atoms with Gasteiger partial charge in [-0.15, -0.1) is 0 Å². The van der Waals surface area contributed by atoms with Crippen LogP contribution in [0.3, 0.4) is 0 Å². The normalized spacial score (nSPS) is 30.2. The summed E-state index contributed by atoms with van der Waals surface area (Å²) in [5.41, 5.74) is 0. The molecule has 1 aliphatic rings. The molecule has 0 heterocycles. The summed E-state index contributed by atoms with van der Waals surface area (Å²) >= 11 is 0. The molecule has 1 fully saturated rings. The van der Waals surface area contributed by atoms with Crippen LogP contribution in [0.25, 0.3) is 0 Å². The average molecular weight is 199 g/mol. The molecule has 2 heteroatoms. The van der Waals surface area contributed by atoms with Crippen molar-refractivity contribution in [1.82, 2.24) is 5.32 Å². The third kappa shape index (κ3) is 4.43. The quantitative estimate of drug-likeness (QED) is 0.734. The van der Waals surface area contributed by atoms with Gasteiger partial charge in [0.05, 0.1) is 6.61 Å². The maximum absolute atomic E-state index is 5.10. The fourth-order valence-corrected chi connectivity index (χ4v) is 2.42. The van der Waals surface area contributed by atoms with E-state index in [1.165, 1.54) is 32.2 Å². The molecule has 3 atom stereocenters. The van der Waals surface area contributed by atoms with Crippen molar-refractivity contribution in [3.05, 3.63) is 0 Å². The van der Waals surface area contributed by atoms with Crippen molar-refractivity contribution in [1.29, 1.82) is 0 Å². The van der Waals surface area contributed by atoms with Crippen LogP contribution in [0.2, 0.25) is 0 Å². The van der Waals surface area contributed by atoms with E-state index in [0.717, 1.165) is 18.4 Å². The van der Waals surface area contributed by atoms with E-state index < -0.39 is 0 Å². The molecule has 84 valence electrons. The fraction of sp³-hybridized carbons (Fsp3) is 1.00. The Morgan fingerprint density at radius 3 is 2.86 bits per heavy atom. The number of rotatable bonds is 5. The number of hydrogen-bond donors (Lipinski definition) is 1. The topological polar surface area (TPSA) is 21.3 Å². The first-order valence-corrected chi connectivity index (χ1v) is 5.94. The predicted octanol–water partition coefficient (Wildman–Crippen LogP) is 2.44. The molecule has 14 heavy (non-hydrogen) atoms. The van der Waals surface area contributed by atoms with Crippen LogP contribution in [0.15, 0.2) is 0 Å². The summed E-state index contributed by atoms with van der Waals surface area (Å²) < 4.78 is 5.10. The summed E-state index contributed by atoms with van der Waals surface area (Å²) in [4.78, 5) is 0. The average Bonchev–Trinajstić information content (AvgIpc) is 2.15. The zero-order valence-electron chi connectivity index (χ0n) is 9.88. The molecule has 1 aliphatic carbocycles. The summed E-state index contributed by atoms with van der Waals surface area (Å²) in [6.45, 7) is 6.57. The molecule has 0 aromatic heterocycles. The standard InChI is InChI=1S/C12H25NO/c1-10-5-4-6-12(7-10)8-13-11(2)9-14-3/h10-13H,4-9H2,1-3H3. The van der Waals surface area contributed by atoms with Gasteiger partial charge in [0.15, 0.2) is 0 Å². The molecule has 0 aromatic carbocycles. The SMILES string of the molecule is COCC(C)NCC1CCCC(C)C1. The highest BCUT2D eigenvalue weighted by atomic mass is 16.5. The second-order valence-electron chi connectivity index (χ2n) is 4.90. The van der Waals surface area contributed by atoms with Crippen molar-refractivity contribution in [3.8, 4) is 0 Å². The van der Waals surface area contributed by atoms with E-state index in [9.17, 15) is 0 Å². The highest BCUT2D eigenvalue weighted by molar-refractivity contribution is 4.73. The van der Waals surface area contributed by atoms with Crippen molar-refractivity contribution in [2.75, 3.05) is 20.3 Å². The summed E-state index contributed by atoms with van der Waals surface area (Å²) in [5.74, 6) is 1.84. The number of ether oxygens (including phenoxy) is 1. The van der Waals surface area contributed by atoms with Crippen LogP contribution >= 0.6 is 0 Å². The molecule has 0 amide bonds. The Balaban J connectivity index is 2.10. The van der Waals surface area contributed by atoms with Crippen molar-refractivity contribution < 1.29 is 4.74 Å². The van der Waals surface area contributed by atoms with Crippen LogP contribution < -0.4 is 5.32 Å². The zero-order chi connectivity index (χ0) is 10.4. The largest absolute Gasteiger partial charge is 0.383 e. The van der Waals surface area contributed by atoms with Crippen molar-refractivity contribution in [3.63, 3.8) is 0 Å². The Kier molecular flexibility index (Phi) is 5.49. The molecule has 1 N–H and O–H groups in total. The lowest BCUT2D eigenvalue weighted by Gasteiger charge is -2.28. The molecular formula is C12H25NO. The number of hydrogen-bond acceptors (Lipinski definition) is 2. The van der Waals surface area contributed by atoms with Gasteiger partial charge in [-0.3, -0.25) is 0 Å². The number of methoxy groups -OCH3 is 1. The van der Waals surface area contributed by atoms with Crippen LogP contribution in [-0.4, -0.2) is 26.3 Å². The van der Waals surface area contributed by atoms with Crippen LogP contribution in [0.1, 0.15) is 39.5 Å². The third-order valence-electron chi connectivity index (χ3n) is 3.22.